The molecule has 8 heteroatoms. The van der Waals surface area contributed by atoms with Crippen LogP contribution in [0.3, 0.4) is 0 Å². The highest BCUT2D eigenvalue weighted by atomic mass is 19.4. The average Bonchev–Trinajstić information content (AvgIpc) is 2.93. The number of alkyl halides is 3. The van der Waals surface area contributed by atoms with Crippen LogP contribution in [0.4, 0.5) is 18.9 Å². The molecule has 0 radical (unpaired) electrons. The molecule has 2 rings (SSSR count). The Morgan fingerprint density at radius 3 is 2.68 bits per heavy atom. The van der Waals surface area contributed by atoms with Gasteiger partial charge in [0.1, 0.15) is 12.4 Å². The zero-order chi connectivity index (χ0) is 18.4. The predicted molar refractivity (Wildman–Crippen MR) is 87.4 cm³/mol. The predicted octanol–water partition coefficient (Wildman–Crippen LogP) is 3.19. The largest absolute Gasteiger partial charge is 0.489 e. The molecule has 1 aromatic carbocycles. The Bertz CT molecular complexity index is 593. The minimum Gasteiger partial charge on any atom is -0.489 e. The summed E-state index contributed by atoms with van der Waals surface area (Å²) in [7, 11) is 1.49. The van der Waals surface area contributed by atoms with Crippen LogP contribution in [0.5, 0.6) is 5.75 Å². The lowest BCUT2D eigenvalue weighted by molar-refractivity contribution is -0.137. The van der Waals surface area contributed by atoms with Gasteiger partial charge < -0.3 is 20.5 Å². The molecule has 5 nitrogen and oxygen atoms in total. The van der Waals surface area contributed by atoms with E-state index in [2.05, 4.69) is 5.32 Å². The van der Waals surface area contributed by atoms with Gasteiger partial charge >= 0.3 is 6.18 Å². The van der Waals surface area contributed by atoms with E-state index in [0.29, 0.717) is 0 Å². The van der Waals surface area contributed by atoms with E-state index in [1.54, 1.807) is 0 Å². The molecule has 0 aliphatic heterocycles. The molecule has 1 fully saturated rings. The maximum atomic E-state index is 12.9. The number of halogens is 3. The third kappa shape index (κ3) is 5.61. The summed E-state index contributed by atoms with van der Waals surface area (Å²) in [5.41, 5.74) is 5.10. The van der Waals surface area contributed by atoms with E-state index >= 15 is 0 Å². The van der Waals surface area contributed by atoms with Crippen molar-refractivity contribution in [3.63, 3.8) is 0 Å². The number of rotatable bonds is 7. The van der Waals surface area contributed by atoms with E-state index in [-0.39, 0.29) is 48.9 Å². The molecule has 1 amide bonds. The van der Waals surface area contributed by atoms with Crippen LogP contribution in [-0.2, 0) is 15.7 Å². The quantitative estimate of drug-likeness (QED) is 0.733. The summed E-state index contributed by atoms with van der Waals surface area (Å²) >= 11 is 0. The standard InChI is InChI=1S/C17H23F3N2O3/c1-24-7-8-25-15-6-5-12(17(18,19)20)10-14(15)22-16(23)9-11-3-2-4-13(11)21/h5-6,10-11,13H,2-4,7-9,21H2,1H3,(H,22,23)/t11-,13+/m0/s1. The molecule has 0 spiro atoms. The van der Waals surface area contributed by atoms with Gasteiger partial charge in [-0.15, -0.1) is 0 Å². The van der Waals surface area contributed by atoms with Crippen molar-refractivity contribution in [3.05, 3.63) is 23.8 Å². The lowest BCUT2D eigenvalue weighted by atomic mass is 10.00. The first-order valence-corrected chi connectivity index (χ1v) is 8.19. The van der Waals surface area contributed by atoms with Crippen LogP contribution >= 0.6 is 0 Å². The van der Waals surface area contributed by atoms with Crippen molar-refractivity contribution in [2.75, 3.05) is 25.6 Å². The summed E-state index contributed by atoms with van der Waals surface area (Å²) < 4.78 is 49.1. The van der Waals surface area contributed by atoms with Gasteiger partial charge in [0, 0.05) is 19.6 Å². The molecule has 0 heterocycles. The molecular weight excluding hydrogens is 337 g/mol. The average molecular weight is 360 g/mol. The number of methoxy groups -OCH3 is 1. The molecule has 0 aromatic heterocycles. The Hall–Kier alpha value is -1.80. The first kappa shape index (κ1) is 19.5. The number of nitrogens with two attached hydrogens (primary N) is 1. The molecule has 1 aromatic rings. The number of carbonyl (C=O) groups is 1. The van der Waals surface area contributed by atoms with Crippen LogP contribution < -0.4 is 15.8 Å². The Kier molecular flexibility index (Phi) is 6.66. The van der Waals surface area contributed by atoms with Gasteiger partial charge in [0.05, 0.1) is 17.9 Å². The smallest absolute Gasteiger partial charge is 0.416 e. The highest BCUT2D eigenvalue weighted by Crippen LogP contribution is 2.35. The fourth-order valence-corrected chi connectivity index (χ4v) is 2.92. The highest BCUT2D eigenvalue weighted by molar-refractivity contribution is 5.92. The van der Waals surface area contributed by atoms with Crippen LogP contribution in [0, 0.1) is 5.92 Å². The van der Waals surface area contributed by atoms with E-state index in [0.717, 1.165) is 31.4 Å². The van der Waals surface area contributed by atoms with Gasteiger partial charge in [0.15, 0.2) is 0 Å². The summed E-state index contributed by atoms with van der Waals surface area (Å²) in [6.07, 6.45) is -1.62. The number of amides is 1. The van der Waals surface area contributed by atoms with Gasteiger partial charge in [0.25, 0.3) is 0 Å². The van der Waals surface area contributed by atoms with Gasteiger partial charge in [-0.25, -0.2) is 0 Å². The Morgan fingerprint density at radius 2 is 2.08 bits per heavy atom. The second kappa shape index (κ2) is 8.53. The number of hydrogen-bond acceptors (Lipinski definition) is 4. The zero-order valence-electron chi connectivity index (χ0n) is 14.1. The van der Waals surface area contributed by atoms with Gasteiger partial charge in [-0.3, -0.25) is 4.79 Å². The van der Waals surface area contributed by atoms with Gasteiger partial charge in [-0.1, -0.05) is 6.42 Å². The maximum Gasteiger partial charge on any atom is 0.416 e. The summed E-state index contributed by atoms with van der Waals surface area (Å²) in [6.45, 7) is 0.448. The molecule has 0 saturated heterocycles. The van der Waals surface area contributed by atoms with Crippen molar-refractivity contribution >= 4 is 11.6 Å². The van der Waals surface area contributed by atoms with E-state index in [9.17, 15) is 18.0 Å². The summed E-state index contributed by atoms with van der Waals surface area (Å²) in [5.74, 6) is -0.129. The fourth-order valence-electron chi connectivity index (χ4n) is 2.92. The van der Waals surface area contributed by atoms with Crippen molar-refractivity contribution in [3.8, 4) is 5.75 Å². The van der Waals surface area contributed by atoms with Crippen LogP contribution in [-0.4, -0.2) is 32.3 Å². The fraction of sp³-hybridized carbons (Fsp3) is 0.588. The van der Waals surface area contributed by atoms with E-state index < -0.39 is 11.7 Å². The monoisotopic (exact) mass is 360 g/mol. The molecular formula is C17H23F3N2O3. The Labute approximate surface area is 144 Å². The Balaban J connectivity index is 2.12. The number of nitrogens with one attached hydrogen (secondary N) is 1. The second-order valence-corrected chi connectivity index (χ2v) is 6.16. The van der Waals surface area contributed by atoms with Gasteiger partial charge in [-0.2, -0.15) is 13.2 Å². The van der Waals surface area contributed by atoms with Crippen LogP contribution in [0.15, 0.2) is 18.2 Å². The van der Waals surface area contributed by atoms with E-state index in [1.807, 2.05) is 0 Å². The van der Waals surface area contributed by atoms with Crippen molar-refractivity contribution in [2.45, 2.75) is 37.9 Å². The minimum atomic E-state index is -4.50. The molecule has 1 saturated carbocycles. The number of ether oxygens (including phenoxy) is 2. The molecule has 1 aliphatic rings. The van der Waals surface area contributed by atoms with E-state index in [4.69, 9.17) is 15.2 Å². The second-order valence-electron chi connectivity index (χ2n) is 6.16. The number of anilines is 1. The maximum absolute atomic E-state index is 12.9. The topological polar surface area (TPSA) is 73.6 Å². The first-order chi connectivity index (χ1) is 11.8. The van der Waals surface area contributed by atoms with Crippen molar-refractivity contribution in [1.82, 2.24) is 0 Å². The highest BCUT2D eigenvalue weighted by Gasteiger charge is 2.32. The van der Waals surface area contributed by atoms with Crippen LogP contribution in [0.25, 0.3) is 0 Å². The van der Waals surface area contributed by atoms with Gasteiger partial charge in [-0.05, 0) is 37.0 Å². The normalized spacial score (nSPS) is 20.5. The zero-order valence-corrected chi connectivity index (χ0v) is 14.1. The molecule has 140 valence electrons. The van der Waals surface area contributed by atoms with Crippen LogP contribution in [0.1, 0.15) is 31.2 Å². The lowest BCUT2D eigenvalue weighted by Crippen LogP contribution is -2.28. The number of benzene rings is 1. The van der Waals surface area contributed by atoms with Crippen molar-refractivity contribution < 1.29 is 27.4 Å². The lowest BCUT2D eigenvalue weighted by Gasteiger charge is -2.18. The van der Waals surface area contributed by atoms with Crippen LogP contribution in [0.2, 0.25) is 0 Å². The summed E-state index contributed by atoms with van der Waals surface area (Å²) in [5, 5.41) is 2.54. The molecule has 0 unspecified atom stereocenters. The number of hydrogen-bond donors (Lipinski definition) is 2. The molecule has 0 bridgehead atoms. The third-order valence-corrected chi connectivity index (χ3v) is 4.29. The van der Waals surface area contributed by atoms with Crippen molar-refractivity contribution in [2.24, 2.45) is 11.7 Å². The number of carbonyl (C=O) groups excluding carboxylic acids is 1. The summed E-state index contributed by atoms with van der Waals surface area (Å²) in [4.78, 5) is 12.2. The third-order valence-electron chi connectivity index (χ3n) is 4.29. The van der Waals surface area contributed by atoms with Crippen molar-refractivity contribution in [1.29, 1.82) is 0 Å². The molecule has 3 N–H and O–H groups in total. The molecule has 1 aliphatic carbocycles. The van der Waals surface area contributed by atoms with E-state index in [1.165, 1.54) is 13.2 Å². The molecule has 2 atom stereocenters. The van der Waals surface area contributed by atoms with Gasteiger partial charge in [0.2, 0.25) is 5.91 Å². The Morgan fingerprint density at radius 1 is 1.32 bits per heavy atom. The first-order valence-electron chi connectivity index (χ1n) is 8.19. The minimum absolute atomic E-state index is 0.00231. The SMILES string of the molecule is COCCOc1ccc(C(F)(F)F)cc1NC(=O)C[C@@H]1CCC[C@H]1N. The molecule has 25 heavy (non-hydrogen) atoms. The summed E-state index contributed by atoms with van der Waals surface area (Å²) in [6, 6.07) is 2.97.